The van der Waals surface area contributed by atoms with Gasteiger partial charge in [0.2, 0.25) is 5.16 Å². The number of fused-ring (bicyclic) bond motifs is 1. The van der Waals surface area contributed by atoms with Crippen LogP contribution in [0, 0.1) is 0 Å². The molecule has 0 aliphatic carbocycles. The summed E-state index contributed by atoms with van der Waals surface area (Å²) < 4.78 is 52.2. The molecule has 1 N–H and O–H groups in total. The summed E-state index contributed by atoms with van der Waals surface area (Å²) in [6.45, 7) is 0.709. The first-order valence-corrected chi connectivity index (χ1v) is 11.1. The van der Waals surface area contributed by atoms with Gasteiger partial charge in [-0.3, -0.25) is 14.0 Å². The molecule has 0 saturated carbocycles. The number of carbonyl (C=O) groups excluding carboxylic acids is 1. The van der Waals surface area contributed by atoms with Gasteiger partial charge in [0.1, 0.15) is 0 Å². The van der Waals surface area contributed by atoms with Crippen LogP contribution in [0.1, 0.15) is 27.2 Å². The minimum absolute atomic E-state index is 0.0300. The van der Waals surface area contributed by atoms with Crippen LogP contribution in [-0.2, 0) is 29.9 Å². The van der Waals surface area contributed by atoms with Gasteiger partial charge in [-0.05, 0) is 30.3 Å². The Morgan fingerprint density at radius 2 is 2.03 bits per heavy atom. The van der Waals surface area contributed by atoms with Crippen LogP contribution in [0.2, 0.25) is 0 Å². The molecule has 1 unspecified atom stereocenters. The fourth-order valence-corrected chi connectivity index (χ4v) is 3.83. The molecule has 1 atom stereocenters. The molecule has 3 heterocycles. The molecule has 4 rings (SSSR count). The van der Waals surface area contributed by atoms with Crippen molar-refractivity contribution in [2.75, 3.05) is 23.0 Å². The lowest BCUT2D eigenvalue weighted by atomic mass is 10.1. The minimum atomic E-state index is -4.58. The van der Waals surface area contributed by atoms with Crippen LogP contribution in [0.5, 0.6) is 0 Å². The van der Waals surface area contributed by atoms with E-state index in [4.69, 9.17) is 0 Å². The number of halogens is 3. The average Bonchev–Trinajstić information content (AvgIpc) is 2.78. The summed E-state index contributed by atoms with van der Waals surface area (Å²) in [6, 6.07) is 6.56. The zero-order valence-electron chi connectivity index (χ0n) is 16.9. The van der Waals surface area contributed by atoms with Gasteiger partial charge in [0, 0.05) is 61.3 Å². The number of carbonyl (C=O) groups is 1. The molecule has 0 bridgehead atoms. The molecular formula is C21H18F3N5O2S. The molecule has 3 aromatic rings. The predicted molar refractivity (Wildman–Crippen MR) is 113 cm³/mol. The number of aromatic nitrogens is 3. The second-order valence-corrected chi connectivity index (χ2v) is 8.49. The van der Waals surface area contributed by atoms with Crippen molar-refractivity contribution in [2.45, 2.75) is 24.3 Å². The van der Waals surface area contributed by atoms with Gasteiger partial charge in [-0.25, -0.2) is 9.97 Å². The summed E-state index contributed by atoms with van der Waals surface area (Å²) in [6.07, 6.45) is 1.77. The number of amides is 1. The lowest BCUT2D eigenvalue weighted by Gasteiger charge is -2.31. The predicted octanol–water partition coefficient (Wildman–Crippen LogP) is 3.44. The van der Waals surface area contributed by atoms with Gasteiger partial charge in [-0.15, -0.1) is 0 Å². The van der Waals surface area contributed by atoms with E-state index < -0.39 is 28.4 Å². The first-order valence-electron chi connectivity index (χ1n) is 9.57. The average molecular weight is 461 g/mol. The van der Waals surface area contributed by atoms with Crippen LogP contribution in [0.15, 0.2) is 54.1 Å². The Morgan fingerprint density at radius 3 is 2.72 bits per heavy atom. The molecule has 11 heteroatoms. The number of hydrogen-bond acceptors (Lipinski definition) is 6. The van der Waals surface area contributed by atoms with Crippen LogP contribution in [0.25, 0.3) is 0 Å². The van der Waals surface area contributed by atoms with Crippen LogP contribution in [0.3, 0.4) is 0 Å². The molecule has 1 aliphatic heterocycles. The molecule has 2 aromatic heterocycles. The van der Waals surface area contributed by atoms with Gasteiger partial charge >= 0.3 is 6.18 Å². The quantitative estimate of drug-likeness (QED) is 0.599. The Labute approximate surface area is 184 Å². The van der Waals surface area contributed by atoms with Gasteiger partial charge in [0.05, 0.1) is 27.6 Å². The molecule has 1 aliphatic rings. The Kier molecular flexibility index (Phi) is 5.92. The van der Waals surface area contributed by atoms with Crippen LogP contribution < -0.4 is 10.2 Å². The van der Waals surface area contributed by atoms with Gasteiger partial charge in [-0.2, -0.15) is 13.2 Å². The standard InChI is InChI=1S/C21H18F3N5O2S/c1-32(31)20-26-11-14-12-29(6-4-18(14)28-20)17-8-15(21(22,23)24)7-16(9-17)27-19(30)13-3-2-5-25-10-13/h2-3,5,7-11H,4,6,12H2,1H3,(H,27,30). The Balaban J connectivity index is 1.64. The Bertz CT molecular complexity index is 1190. The maximum atomic E-state index is 13.5. The third kappa shape index (κ3) is 4.77. The minimum Gasteiger partial charge on any atom is -0.367 e. The van der Waals surface area contributed by atoms with E-state index in [2.05, 4.69) is 20.3 Å². The molecule has 0 spiro atoms. The molecule has 1 aromatic carbocycles. The summed E-state index contributed by atoms with van der Waals surface area (Å²) in [4.78, 5) is 26.4. The van der Waals surface area contributed by atoms with Crippen LogP contribution in [-0.4, -0.2) is 37.9 Å². The maximum Gasteiger partial charge on any atom is 0.416 e. The highest BCUT2D eigenvalue weighted by Crippen LogP contribution is 2.36. The molecule has 0 fully saturated rings. The molecule has 1 amide bonds. The van der Waals surface area contributed by atoms with Crippen molar-refractivity contribution < 1.29 is 22.2 Å². The number of hydrogen-bond donors (Lipinski definition) is 1. The van der Waals surface area contributed by atoms with E-state index in [1.54, 1.807) is 17.2 Å². The summed E-state index contributed by atoms with van der Waals surface area (Å²) in [7, 11) is -1.32. The molecule has 166 valence electrons. The number of nitrogens with zero attached hydrogens (tertiary/aromatic N) is 4. The molecular weight excluding hydrogens is 443 g/mol. The van der Waals surface area contributed by atoms with Gasteiger partial charge in [-0.1, -0.05) is 0 Å². The van der Waals surface area contributed by atoms with Crippen molar-refractivity contribution in [1.82, 2.24) is 15.0 Å². The Hall–Kier alpha value is -3.34. The van der Waals surface area contributed by atoms with Gasteiger partial charge in [0.25, 0.3) is 5.91 Å². The lowest BCUT2D eigenvalue weighted by molar-refractivity contribution is -0.137. The zero-order chi connectivity index (χ0) is 22.9. The largest absolute Gasteiger partial charge is 0.416 e. The first kappa shape index (κ1) is 21.9. The fourth-order valence-electron chi connectivity index (χ4n) is 3.39. The highest BCUT2D eigenvalue weighted by Gasteiger charge is 2.32. The van der Waals surface area contributed by atoms with Crippen molar-refractivity contribution in [3.05, 3.63) is 71.3 Å². The Morgan fingerprint density at radius 1 is 1.22 bits per heavy atom. The van der Waals surface area contributed by atoms with E-state index in [1.807, 2.05) is 0 Å². The van der Waals surface area contributed by atoms with E-state index in [-0.39, 0.29) is 16.4 Å². The van der Waals surface area contributed by atoms with Gasteiger partial charge in [0.15, 0.2) is 0 Å². The van der Waals surface area contributed by atoms with Crippen molar-refractivity contribution >= 4 is 28.1 Å². The zero-order valence-corrected chi connectivity index (χ0v) is 17.7. The SMILES string of the molecule is CS(=O)c1ncc2c(n1)CCN(c1cc(NC(=O)c3cccnc3)cc(C(F)(F)F)c1)C2. The van der Waals surface area contributed by atoms with Crippen molar-refractivity contribution in [3.63, 3.8) is 0 Å². The van der Waals surface area contributed by atoms with E-state index >= 15 is 0 Å². The van der Waals surface area contributed by atoms with Crippen molar-refractivity contribution in [1.29, 1.82) is 0 Å². The fraction of sp³-hybridized carbons (Fsp3) is 0.238. The molecule has 32 heavy (non-hydrogen) atoms. The van der Waals surface area contributed by atoms with Crippen molar-refractivity contribution in [2.24, 2.45) is 0 Å². The number of alkyl halides is 3. The summed E-state index contributed by atoms with van der Waals surface area (Å²) in [5.74, 6) is -0.555. The number of rotatable bonds is 4. The molecule has 0 saturated heterocycles. The highest BCUT2D eigenvalue weighted by atomic mass is 32.2. The second kappa shape index (κ2) is 8.65. The number of anilines is 2. The second-order valence-electron chi connectivity index (χ2n) is 7.21. The lowest BCUT2D eigenvalue weighted by Crippen LogP contribution is -2.31. The first-order chi connectivity index (χ1) is 15.2. The van der Waals surface area contributed by atoms with E-state index in [0.29, 0.717) is 25.2 Å². The van der Waals surface area contributed by atoms with E-state index in [1.165, 1.54) is 30.8 Å². The van der Waals surface area contributed by atoms with Crippen LogP contribution in [0.4, 0.5) is 24.5 Å². The van der Waals surface area contributed by atoms with Gasteiger partial charge < -0.3 is 10.2 Å². The normalized spacial score (nSPS) is 14.6. The van der Waals surface area contributed by atoms with Crippen molar-refractivity contribution in [3.8, 4) is 0 Å². The summed E-state index contributed by atoms with van der Waals surface area (Å²) in [5, 5.41) is 2.76. The topological polar surface area (TPSA) is 88.1 Å². The molecule has 0 radical (unpaired) electrons. The van der Waals surface area contributed by atoms with E-state index in [0.717, 1.165) is 23.4 Å². The monoisotopic (exact) mass is 461 g/mol. The highest BCUT2D eigenvalue weighted by molar-refractivity contribution is 7.84. The van der Waals surface area contributed by atoms with Crippen LogP contribution >= 0.6 is 0 Å². The third-order valence-electron chi connectivity index (χ3n) is 4.96. The molecule has 7 nitrogen and oxygen atoms in total. The number of nitrogens with one attached hydrogen (secondary N) is 1. The summed E-state index contributed by atoms with van der Waals surface area (Å²) >= 11 is 0. The third-order valence-corrected chi connectivity index (χ3v) is 5.67. The number of benzene rings is 1. The smallest absolute Gasteiger partial charge is 0.367 e. The summed E-state index contributed by atoms with van der Waals surface area (Å²) in [5.41, 5.74) is 1.20. The maximum absolute atomic E-state index is 13.5. The van der Waals surface area contributed by atoms with E-state index in [9.17, 15) is 22.2 Å². The number of pyridine rings is 1.